The van der Waals surface area contributed by atoms with E-state index in [1.165, 1.54) is 18.3 Å². The first-order valence-corrected chi connectivity index (χ1v) is 5.57. The number of nitrogens with zero attached hydrogens (tertiary/aromatic N) is 2. The zero-order valence-electron chi connectivity index (χ0n) is 10.1. The number of aromatic nitrogens is 1. The van der Waals surface area contributed by atoms with Crippen molar-refractivity contribution in [3.63, 3.8) is 0 Å². The van der Waals surface area contributed by atoms with Crippen LogP contribution >= 0.6 is 0 Å². The number of nitrogens with two attached hydrogens (primary N) is 2. The Bertz CT molecular complexity index is 582. The molecular formula is C13H13FN4O. The fraction of sp³-hybridized carbons (Fsp3) is 0.0769. The van der Waals surface area contributed by atoms with E-state index in [0.717, 1.165) is 0 Å². The van der Waals surface area contributed by atoms with E-state index in [1.54, 1.807) is 24.4 Å². The van der Waals surface area contributed by atoms with Crippen molar-refractivity contribution < 1.29 is 9.13 Å². The van der Waals surface area contributed by atoms with Gasteiger partial charge in [0, 0.05) is 6.20 Å². The third kappa shape index (κ3) is 3.67. The van der Waals surface area contributed by atoms with E-state index in [1.807, 2.05) is 0 Å². The molecule has 0 radical (unpaired) electrons. The molecule has 1 aromatic heterocycles. The number of aliphatic imine (C=N–C) groups is 1. The fourth-order valence-electron chi connectivity index (χ4n) is 1.44. The molecule has 0 saturated carbocycles. The number of halogens is 1. The Balaban J connectivity index is 2.13. The van der Waals surface area contributed by atoms with Crippen LogP contribution in [0, 0.1) is 5.82 Å². The average molecular weight is 260 g/mol. The second kappa shape index (κ2) is 5.81. The summed E-state index contributed by atoms with van der Waals surface area (Å²) in [5.74, 6) is 0.0862. The number of pyridine rings is 1. The molecule has 0 bridgehead atoms. The minimum Gasteiger partial charge on any atom is -0.453 e. The predicted octanol–water partition coefficient (Wildman–Crippen LogP) is 1.79. The van der Waals surface area contributed by atoms with Crippen LogP contribution in [0.4, 0.5) is 4.39 Å². The van der Waals surface area contributed by atoms with Gasteiger partial charge in [-0.05, 0) is 29.8 Å². The summed E-state index contributed by atoms with van der Waals surface area (Å²) < 4.78 is 19.2. The zero-order chi connectivity index (χ0) is 13.7. The first-order chi connectivity index (χ1) is 9.15. The normalized spacial score (nSPS) is 9.95. The molecule has 0 amide bonds. The van der Waals surface area contributed by atoms with Gasteiger partial charge in [-0.25, -0.2) is 9.38 Å². The molecule has 0 fully saturated rings. The van der Waals surface area contributed by atoms with E-state index in [4.69, 9.17) is 16.2 Å². The fourth-order valence-corrected chi connectivity index (χ4v) is 1.44. The largest absolute Gasteiger partial charge is 0.453 e. The van der Waals surface area contributed by atoms with Gasteiger partial charge in [0.1, 0.15) is 5.75 Å². The van der Waals surface area contributed by atoms with Crippen molar-refractivity contribution in [2.24, 2.45) is 16.5 Å². The monoisotopic (exact) mass is 260 g/mol. The molecular weight excluding hydrogens is 247 g/mol. The van der Waals surface area contributed by atoms with E-state index >= 15 is 0 Å². The van der Waals surface area contributed by atoms with Crippen LogP contribution in [0.25, 0.3) is 0 Å². The molecule has 0 aliphatic rings. The molecule has 0 unspecified atom stereocenters. The summed E-state index contributed by atoms with van der Waals surface area (Å²) in [6.07, 6.45) is 3.12. The van der Waals surface area contributed by atoms with E-state index in [2.05, 4.69) is 9.98 Å². The van der Waals surface area contributed by atoms with Gasteiger partial charge in [-0.3, -0.25) is 4.98 Å². The minimum absolute atomic E-state index is 0.0314. The Hall–Kier alpha value is -2.63. The number of ether oxygens (including phenoxy) is 1. The summed E-state index contributed by atoms with van der Waals surface area (Å²) in [6.45, 7) is 0.229. The second-order valence-corrected chi connectivity index (χ2v) is 3.80. The molecule has 5 nitrogen and oxygen atoms in total. The maximum absolute atomic E-state index is 13.8. The van der Waals surface area contributed by atoms with Crippen LogP contribution in [-0.4, -0.2) is 10.9 Å². The number of benzene rings is 1. The number of rotatable bonds is 4. The Labute approximate surface area is 109 Å². The highest BCUT2D eigenvalue weighted by Gasteiger charge is 2.06. The molecule has 19 heavy (non-hydrogen) atoms. The Kier molecular flexibility index (Phi) is 3.92. The van der Waals surface area contributed by atoms with Crippen LogP contribution < -0.4 is 16.2 Å². The molecule has 98 valence electrons. The van der Waals surface area contributed by atoms with Crippen LogP contribution in [0.15, 0.2) is 47.7 Å². The summed E-state index contributed by atoms with van der Waals surface area (Å²) in [7, 11) is 0. The van der Waals surface area contributed by atoms with Gasteiger partial charge in [0.05, 0.1) is 12.7 Å². The summed E-state index contributed by atoms with van der Waals surface area (Å²) >= 11 is 0. The molecule has 2 rings (SSSR count). The van der Waals surface area contributed by atoms with E-state index in [9.17, 15) is 4.39 Å². The third-order valence-corrected chi connectivity index (χ3v) is 2.30. The lowest BCUT2D eigenvalue weighted by atomic mass is 10.2. The van der Waals surface area contributed by atoms with Crippen molar-refractivity contribution in [3.05, 3.63) is 54.1 Å². The van der Waals surface area contributed by atoms with Gasteiger partial charge < -0.3 is 16.2 Å². The summed E-state index contributed by atoms with van der Waals surface area (Å²) in [4.78, 5) is 7.69. The molecule has 1 aromatic carbocycles. The van der Waals surface area contributed by atoms with E-state index in [0.29, 0.717) is 11.3 Å². The van der Waals surface area contributed by atoms with Gasteiger partial charge in [-0.1, -0.05) is 6.07 Å². The predicted molar refractivity (Wildman–Crippen MR) is 70.2 cm³/mol. The summed E-state index contributed by atoms with van der Waals surface area (Å²) in [5.41, 5.74) is 11.1. The van der Waals surface area contributed by atoms with Crippen LogP contribution in [0.3, 0.4) is 0 Å². The highest BCUT2D eigenvalue weighted by Crippen LogP contribution is 2.24. The number of guanidine groups is 1. The number of hydrogen-bond acceptors (Lipinski definition) is 3. The molecule has 6 heteroatoms. The first-order valence-electron chi connectivity index (χ1n) is 5.57. The van der Waals surface area contributed by atoms with Crippen LogP contribution in [0.2, 0.25) is 0 Å². The van der Waals surface area contributed by atoms with E-state index < -0.39 is 5.82 Å². The Morgan fingerprint density at radius 2 is 2.16 bits per heavy atom. The molecule has 0 saturated heterocycles. The van der Waals surface area contributed by atoms with Gasteiger partial charge in [-0.15, -0.1) is 0 Å². The van der Waals surface area contributed by atoms with E-state index in [-0.39, 0.29) is 18.3 Å². The topological polar surface area (TPSA) is 86.5 Å². The van der Waals surface area contributed by atoms with Crippen molar-refractivity contribution in [2.45, 2.75) is 6.54 Å². The van der Waals surface area contributed by atoms with Gasteiger partial charge in [0.2, 0.25) is 0 Å². The lowest BCUT2D eigenvalue weighted by molar-refractivity contribution is 0.440. The quantitative estimate of drug-likeness (QED) is 0.648. The standard InChI is InChI=1S/C13H13FN4O/c14-11-6-9(7-18-13(15)16)3-4-12(11)19-10-2-1-5-17-8-10/h1-6,8H,7H2,(H4,15,16,18). The van der Waals surface area contributed by atoms with Crippen LogP contribution in [-0.2, 0) is 6.54 Å². The lowest BCUT2D eigenvalue weighted by Gasteiger charge is -2.07. The second-order valence-electron chi connectivity index (χ2n) is 3.80. The molecule has 0 atom stereocenters. The molecule has 0 aliphatic carbocycles. The van der Waals surface area contributed by atoms with Crippen molar-refractivity contribution in [2.75, 3.05) is 0 Å². The summed E-state index contributed by atoms with van der Waals surface area (Å²) in [6, 6.07) is 7.96. The minimum atomic E-state index is -0.479. The Morgan fingerprint density at radius 1 is 1.32 bits per heavy atom. The smallest absolute Gasteiger partial charge is 0.186 e. The SMILES string of the molecule is NC(N)=NCc1ccc(Oc2cccnc2)c(F)c1. The van der Waals surface area contributed by atoms with Crippen molar-refractivity contribution in [3.8, 4) is 11.5 Å². The highest BCUT2D eigenvalue weighted by atomic mass is 19.1. The molecule has 0 aliphatic heterocycles. The first kappa shape index (κ1) is 12.8. The van der Waals surface area contributed by atoms with Crippen LogP contribution in [0.1, 0.15) is 5.56 Å². The molecule has 2 aromatic rings. The maximum atomic E-state index is 13.8. The molecule has 1 heterocycles. The highest BCUT2D eigenvalue weighted by molar-refractivity contribution is 5.75. The zero-order valence-corrected chi connectivity index (χ0v) is 10.1. The Morgan fingerprint density at radius 3 is 2.79 bits per heavy atom. The van der Waals surface area contributed by atoms with Gasteiger partial charge in [0.15, 0.2) is 17.5 Å². The third-order valence-electron chi connectivity index (χ3n) is 2.30. The van der Waals surface area contributed by atoms with Crippen molar-refractivity contribution in [1.29, 1.82) is 0 Å². The average Bonchev–Trinajstić information content (AvgIpc) is 2.40. The maximum Gasteiger partial charge on any atom is 0.186 e. The van der Waals surface area contributed by atoms with Crippen molar-refractivity contribution in [1.82, 2.24) is 4.98 Å². The molecule has 4 N–H and O–H groups in total. The van der Waals surface area contributed by atoms with Crippen molar-refractivity contribution >= 4 is 5.96 Å². The molecule has 0 spiro atoms. The number of hydrogen-bond donors (Lipinski definition) is 2. The summed E-state index contributed by atoms with van der Waals surface area (Å²) in [5, 5.41) is 0. The van der Waals surface area contributed by atoms with Gasteiger partial charge >= 0.3 is 0 Å². The van der Waals surface area contributed by atoms with Gasteiger partial charge in [0.25, 0.3) is 0 Å². The lowest BCUT2D eigenvalue weighted by Crippen LogP contribution is -2.22. The van der Waals surface area contributed by atoms with Crippen LogP contribution in [0.5, 0.6) is 11.5 Å². The van der Waals surface area contributed by atoms with Gasteiger partial charge in [-0.2, -0.15) is 0 Å².